The van der Waals surface area contributed by atoms with E-state index in [0.717, 1.165) is 9.80 Å². The van der Waals surface area contributed by atoms with E-state index in [1.807, 2.05) is 12.1 Å². The number of para-hydroxylation sites is 1. The van der Waals surface area contributed by atoms with E-state index in [4.69, 9.17) is 23.2 Å². The maximum Gasteiger partial charge on any atom is 0.254 e. The average molecular weight is 722 g/mol. The molecule has 3 aromatic rings. The number of aromatic hydroxyl groups is 1. The molecule has 4 amide bonds. The summed E-state index contributed by atoms with van der Waals surface area (Å²) >= 11 is 17.7. The van der Waals surface area contributed by atoms with Crippen molar-refractivity contribution in [1.82, 2.24) is 4.90 Å². The number of imide groups is 2. The van der Waals surface area contributed by atoms with Crippen LogP contribution in [0.3, 0.4) is 0 Å². The van der Waals surface area contributed by atoms with Gasteiger partial charge in [0.05, 0.1) is 23.0 Å². The summed E-state index contributed by atoms with van der Waals surface area (Å²) in [6.07, 6.45) is 1.86. The summed E-state index contributed by atoms with van der Waals surface area (Å²) in [4.78, 5) is 67.0. The van der Waals surface area contributed by atoms with Crippen LogP contribution in [0.5, 0.6) is 5.75 Å². The number of nitrogens with zero attached hydrogens (tertiary/aromatic N) is 2. The molecule has 8 nitrogen and oxygen atoms in total. The molecule has 0 aromatic heterocycles. The monoisotopic (exact) mass is 720 g/mol. The smallest absolute Gasteiger partial charge is 0.254 e. The Morgan fingerprint density at radius 2 is 1.57 bits per heavy atom. The zero-order valence-electron chi connectivity index (χ0n) is 24.5. The Hall–Kier alpha value is -3.79. The fourth-order valence-electron chi connectivity index (χ4n) is 7.79. The highest BCUT2D eigenvalue weighted by Crippen LogP contribution is 2.66. The van der Waals surface area contributed by atoms with Gasteiger partial charge < -0.3 is 5.11 Å². The number of carbonyl (C=O) groups is 5. The largest absolute Gasteiger partial charge is 0.507 e. The molecule has 3 fully saturated rings. The van der Waals surface area contributed by atoms with E-state index in [-0.39, 0.29) is 29.8 Å². The van der Waals surface area contributed by atoms with Crippen molar-refractivity contribution in [2.45, 2.75) is 35.4 Å². The number of hydrogen-bond acceptors (Lipinski definition) is 6. The summed E-state index contributed by atoms with van der Waals surface area (Å²) < 4.78 is 0. The number of phenolic OH excluding ortho intramolecular Hbond substituents is 1. The van der Waals surface area contributed by atoms with Crippen molar-refractivity contribution in [3.8, 4) is 5.75 Å². The lowest BCUT2D eigenvalue weighted by Gasteiger charge is -2.50. The number of phenols is 1. The first-order valence-electron chi connectivity index (χ1n) is 14.8. The molecule has 11 heteroatoms. The van der Waals surface area contributed by atoms with Gasteiger partial charge >= 0.3 is 0 Å². The van der Waals surface area contributed by atoms with Gasteiger partial charge in [-0.2, -0.15) is 0 Å². The van der Waals surface area contributed by atoms with Crippen LogP contribution in [0.25, 0.3) is 0 Å². The van der Waals surface area contributed by atoms with E-state index < -0.39 is 57.0 Å². The van der Waals surface area contributed by atoms with Crippen LogP contribution < -0.4 is 4.90 Å². The minimum absolute atomic E-state index is 0.0895. The van der Waals surface area contributed by atoms with Crippen LogP contribution in [-0.2, 0) is 19.2 Å². The lowest BCUT2D eigenvalue weighted by atomic mass is 9.56. The molecule has 1 N–H and O–H groups in total. The second kappa shape index (κ2) is 10.9. The van der Waals surface area contributed by atoms with Gasteiger partial charge in [0.15, 0.2) is 15.5 Å². The number of rotatable bonds is 5. The molecule has 2 heterocycles. The minimum atomic E-state index is -1.99. The van der Waals surface area contributed by atoms with Gasteiger partial charge in [-0.15, -0.1) is 23.2 Å². The van der Waals surface area contributed by atoms with Crippen LogP contribution in [0.2, 0.25) is 0 Å². The van der Waals surface area contributed by atoms with E-state index >= 15 is 0 Å². The first kappa shape index (κ1) is 30.8. The van der Waals surface area contributed by atoms with E-state index in [9.17, 15) is 29.1 Å². The molecule has 0 unspecified atom stereocenters. The van der Waals surface area contributed by atoms with Crippen molar-refractivity contribution in [3.63, 3.8) is 0 Å². The maximum absolute atomic E-state index is 14.3. The molecule has 234 valence electrons. The van der Waals surface area contributed by atoms with Gasteiger partial charge in [0.25, 0.3) is 11.8 Å². The summed E-state index contributed by atoms with van der Waals surface area (Å²) in [5.41, 5.74) is 2.57. The van der Waals surface area contributed by atoms with Gasteiger partial charge in [0, 0.05) is 22.6 Å². The van der Waals surface area contributed by atoms with Gasteiger partial charge in [-0.3, -0.25) is 33.8 Å². The Bertz CT molecular complexity index is 1880. The summed E-state index contributed by atoms with van der Waals surface area (Å²) in [7, 11) is 0. The highest BCUT2D eigenvalue weighted by atomic mass is 79.9. The zero-order valence-corrected chi connectivity index (χ0v) is 27.6. The van der Waals surface area contributed by atoms with Crippen LogP contribution >= 0.6 is 39.1 Å². The van der Waals surface area contributed by atoms with E-state index in [1.165, 1.54) is 0 Å². The third kappa shape index (κ3) is 4.07. The number of ketones is 1. The van der Waals surface area contributed by atoms with Gasteiger partial charge in [-0.25, -0.2) is 0 Å². The topological polar surface area (TPSA) is 112 Å². The number of anilines is 1. The quantitative estimate of drug-likeness (QED) is 0.116. The zero-order chi connectivity index (χ0) is 32.7. The molecule has 0 bridgehead atoms. The average Bonchev–Trinajstić information content (AvgIpc) is 3.40. The molecular formula is C35H27BrCl2N2O6. The number of likely N-dealkylation sites (tertiary alicyclic amines) is 1. The third-order valence-electron chi connectivity index (χ3n) is 10.0. The normalized spacial score (nSPS) is 30.2. The number of alkyl halides is 3. The minimum Gasteiger partial charge on any atom is -0.507 e. The van der Waals surface area contributed by atoms with Gasteiger partial charge in [0.1, 0.15) is 5.75 Å². The summed E-state index contributed by atoms with van der Waals surface area (Å²) in [6, 6.07) is 20.2. The van der Waals surface area contributed by atoms with Crippen LogP contribution in [0, 0.1) is 24.7 Å². The molecule has 2 aliphatic heterocycles. The molecule has 1 saturated carbocycles. The molecule has 4 aliphatic rings. The van der Waals surface area contributed by atoms with Gasteiger partial charge in [-0.1, -0.05) is 76.1 Å². The number of aryl methyl sites for hydroxylation is 1. The van der Waals surface area contributed by atoms with Crippen LogP contribution in [0.15, 0.2) is 84.4 Å². The molecule has 6 atom stereocenters. The molecule has 46 heavy (non-hydrogen) atoms. The Labute approximate surface area is 283 Å². The molecule has 7 rings (SSSR count). The molecule has 2 saturated heterocycles. The lowest BCUT2D eigenvalue weighted by molar-refractivity contribution is -0.138. The first-order chi connectivity index (χ1) is 22.0. The van der Waals surface area contributed by atoms with Crippen LogP contribution in [0.4, 0.5) is 5.69 Å². The molecule has 3 aromatic carbocycles. The first-order valence-corrected chi connectivity index (χ1v) is 16.7. The number of hydrogen-bond donors (Lipinski definition) is 1. The standard InChI is InChI=1S/C35H27BrCl2N2O6/c1-18-6-5-9-24(28(18)41)27-22-14-15-23-26(25(22)16-34(37)32(45)39(17-36)33(46)35(27,34)38)31(44)40(30(23)43)21-12-10-20(11-13-21)29(42)19-7-3-2-4-8-19/h2-14,23,25-27,41H,15-17H2,1H3/t23-,25+,26-,27+,34+,35-/m0/s1. The Kier molecular flexibility index (Phi) is 7.30. The predicted octanol–water partition coefficient (Wildman–Crippen LogP) is 5.85. The second-order valence-electron chi connectivity index (χ2n) is 12.3. The number of benzene rings is 3. The van der Waals surface area contributed by atoms with Gasteiger partial charge in [-0.05, 0) is 55.5 Å². The van der Waals surface area contributed by atoms with Crippen molar-refractivity contribution < 1.29 is 29.1 Å². The highest BCUT2D eigenvalue weighted by Gasteiger charge is 2.76. The van der Waals surface area contributed by atoms with Crippen LogP contribution in [0.1, 0.15) is 45.8 Å². The Morgan fingerprint density at radius 3 is 2.24 bits per heavy atom. The van der Waals surface area contributed by atoms with Gasteiger partial charge in [0.2, 0.25) is 11.8 Å². The molecule has 0 radical (unpaired) electrons. The summed E-state index contributed by atoms with van der Waals surface area (Å²) in [5, 5.41) is 11.2. The third-order valence-corrected chi connectivity index (χ3v) is 11.9. The van der Waals surface area contributed by atoms with E-state index in [1.54, 1.807) is 73.7 Å². The fourth-order valence-corrected chi connectivity index (χ4v) is 9.20. The van der Waals surface area contributed by atoms with Crippen LogP contribution in [-0.4, -0.2) is 54.6 Å². The number of amides is 4. The Balaban J connectivity index is 1.29. The van der Waals surface area contributed by atoms with Crippen molar-refractivity contribution in [2.75, 3.05) is 10.4 Å². The number of carbonyl (C=O) groups excluding carboxylic acids is 5. The molecular weight excluding hydrogens is 695 g/mol. The number of fused-ring (bicyclic) bond motifs is 4. The van der Waals surface area contributed by atoms with Crippen molar-refractivity contribution in [3.05, 3.63) is 107 Å². The Morgan fingerprint density at radius 1 is 0.891 bits per heavy atom. The van der Waals surface area contributed by atoms with E-state index in [0.29, 0.717) is 33.5 Å². The van der Waals surface area contributed by atoms with Crippen molar-refractivity contribution in [2.24, 2.45) is 17.8 Å². The second-order valence-corrected chi connectivity index (χ2v) is 14.0. The highest BCUT2D eigenvalue weighted by molar-refractivity contribution is 9.09. The fraction of sp³-hybridized carbons (Fsp3) is 0.286. The molecule has 0 spiro atoms. The SMILES string of the molecule is Cc1cccc([C@H]2C3=CC[C@@H]4C(=O)N(c5ccc(C(=O)c6ccccc6)cc5)C(=O)[C@@H]4[C@@H]3C[C@@]3(Cl)C(=O)N(CBr)C(=O)[C@@]23Cl)c1O. The van der Waals surface area contributed by atoms with E-state index in [2.05, 4.69) is 15.9 Å². The number of allylic oxidation sites excluding steroid dienone is 2. The van der Waals surface area contributed by atoms with Crippen molar-refractivity contribution in [1.29, 1.82) is 0 Å². The summed E-state index contributed by atoms with van der Waals surface area (Å²) in [6.45, 7) is 1.71. The maximum atomic E-state index is 14.3. The number of halogens is 3. The van der Waals surface area contributed by atoms with Crippen molar-refractivity contribution >= 4 is 74.2 Å². The predicted molar refractivity (Wildman–Crippen MR) is 175 cm³/mol. The lowest BCUT2D eigenvalue weighted by Crippen LogP contribution is -2.60. The molecule has 2 aliphatic carbocycles. The summed E-state index contributed by atoms with van der Waals surface area (Å²) in [5.74, 6) is -5.92.